The number of nitrogens with zero attached hydrogens (tertiary/aromatic N) is 2. The Balaban J connectivity index is 1.85. The number of benzene rings is 1. The molecule has 0 spiro atoms. The van der Waals surface area contributed by atoms with Crippen molar-refractivity contribution in [3.8, 4) is 11.3 Å². The van der Waals surface area contributed by atoms with Crippen LogP contribution >= 0.6 is 0 Å². The molecule has 0 bridgehead atoms. The van der Waals surface area contributed by atoms with Gasteiger partial charge < -0.3 is 9.15 Å². The minimum atomic E-state index is -0.400. The Labute approximate surface area is 141 Å². The summed E-state index contributed by atoms with van der Waals surface area (Å²) in [5.41, 5.74) is 2.39. The van der Waals surface area contributed by atoms with Crippen molar-refractivity contribution in [2.24, 2.45) is 0 Å². The largest absolute Gasteiger partial charge is 0.465 e. The monoisotopic (exact) mass is 332 g/mol. The first-order valence-corrected chi connectivity index (χ1v) is 7.54. The fourth-order valence-corrected chi connectivity index (χ4v) is 2.64. The fraction of sp³-hybridized carbons (Fsp3) is 0.0526. The second-order valence-corrected chi connectivity index (χ2v) is 5.42. The first-order valence-electron chi connectivity index (χ1n) is 7.54. The van der Waals surface area contributed by atoms with Gasteiger partial charge >= 0.3 is 5.97 Å². The number of ether oxygens (including phenoxy) is 1. The fourth-order valence-electron chi connectivity index (χ4n) is 2.64. The van der Waals surface area contributed by atoms with Gasteiger partial charge in [-0.05, 0) is 30.3 Å². The maximum Gasteiger partial charge on any atom is 0.337 e. The third kappa shape index (κ3) is 2.53. The number of rotatable bonds is 2. The third-order valence-electron chi connectivity index (χ3n) is 3.94. The molecule has 0 saturated heterocycles. The number of hydrogen-bond acceptors (Lipinski definition) is 6. The van der Waals surface area contributed by atoms with E-state index in [1.165, 1.54) is 13.3 Å². The zero-order chi connectivity index (χ0) is 17.4. The molecule has 0 aliphatic rings. The number of carbonyl (C=O) groups is 1. The molecule has 0 N–H and O–H groups in total. The second kappa shape index (κ2) is 5.83. The van der Waals surface area contributed by atoms with Crippen LogP contribution in [-0.4, -0.2) is 23.0 Å². The van der Waals surface area contributed by atoms with E-state index in [1.807, 2.05) is 0 Å². The van der Waals surface area contributed by atoms with E-state index in [0.717, 1.165) is 5.56 Å². The Bertz CT molecular complexity index is 1160. The zero-order valence-corrected chi connectivity index (χ0v) is 13.2. The average molecular weight is 332 g/mol. The van der Waals surface area contributed by atoms with Crippen LogP contribution in [0.4, 0.5) is 0 Å². The van der Waals surface area contributed by atoms with Crippen LogP contribution in [-0.2, 0) is 4.74 Å². The molecule has 25 heavy (non-hydrogen) atoms. The summed E-state index contributed by atoms with van der Waals surface area (Å²) < 4.78 is 10.4. The summed E-state index contributed by atoms with van der Waals surface area (Å²) in [6.07, 6.45) is 3.05. The summed E-state index contributed by atoms with van der Waals surface area (Å²) in [7, 11) is 1.34. The number of fused-ring (bicyclic) bond motifs is 2. The van der Waals surface area contributed by atoms with Crippen LogP contribution in [0.3, 0.4) is 0 Å². The molecule has 3 heterocycles. The Morgan fingerprint density at radius 3 is 2.60 bits per heavy atom. The standard InChI is InChI=1S/C19H12N2O4/c1-24-19(23)12-4-2-11(3-5-12)15-7-6-14-17(22)13-8-9-20-10-16(13)25-18(14)21-15/h2-10H,1H3. The summed E-state index contributed by atoms with van der Waals surface area (Å²) in [4.78, 5) is 32.4. The number of methoxy groups -OCH3 is 1. The van der Waals surface area contributed by atoms with Crippen molar-refractivity contribution in [1.29, 1.82) is 0 Å². The summed E-state index contributed by atoms with van der Waals surface area (Å²) in [6, 6.07) is 11.9. The molecule has 0 unspecified atom stereocenters. The normalized spacial score (nSPS) is 10.9. The lowest BCUT2D eigenvalue weighted by Gasteiger charge is -2.05. The molecule has 3 aromatic heterocycles. The lowest BCUT2D eigenvalue weighted by atomic mass is 10.1. The maximum absolute atomic E-state index is 12.5. The van der Waals surface area contributed by atoms with E-state index in [4.69, 9.17) is 4.42 Å². The van der Waals surface area contributed by atoms with E-state index in [1.54, 1.807) is 48.7 Å². The molecule has 4 rings (SSSR count). The smallest absolute Gasteiger partial charge is 0.337 e. The van der Waals surface area contributed by atoms with Gasteiger partial charge in [0.05, 0.1) is 35.3 Å². The number of carbonyl (C=O) groups excluding carboxylic acids is 1. The van der Waals surface area contributed by atoms with Crippen molar-refractivity contribution in [3.63, 3.8) is 0 Å². The SMILES string of the molecule is COC(=O)c1ccc(-c2ccc3c(=O)c4ccncc4oc3n2)cc1. The van der Waals surface area contributed by atoms with Crippen molar-refractivity contribution in [2.45, 2.75) is 0 Å². The van der Waals surface area contributed by atoms with Gasteiger partial charge in [0.1, 0.15) is 0 Å². The van der Waals surface area contributed by atoms with Gasteiger partial charge in [-0.3, -0.25) is 9.78 Å². The molecule has 122 valence electrons. The Morgan fingerprint density at radius 2 is 1.84 bits per heavy atom. The van der Waals surface area contributed by atoms with Gasteiger partial charge in [-0.25, -0.2) is 9.78 Å². The average Bonchev–Trinajstić information content (AvgIpc) is 2.67. The van der Waals surface area contributed by atoms with Gasteiger partial charge in [-0.2, -0.15) is 0 Å². The van der Waals surface area contributed by atoms with E-state index in [-0.39, 0.29) is 11.1 Å². The molecule has 0 aliphatic carbocycles. The highest BCUT2D eigenvalue weighted by Gasteiger charge is 2.11. The Kier molecular flexibility index (Phi) is 3.50. The highest BCUT2D eigenvalue weighted by atomic mass is 16.5. The molecular formula is C19H12N2O4. The van der Waals surface area contributed by atoms with Crippen LogP contribution in [0.15, 0.2) is 64.1 Å². The van der Waals surface area contributed by atoms with Crippen LogP contribution in [0, 0.1) is 0 Å². The van der Waals surface area contributed by atoms with Gasteiger partial charge in [0.15, 0.2) is 5.58 Å². The lowest BCUT2D eigenvalue weighted by Crippen LogP contribution is -2.03. The van der Waals surface area contributed by atoms with Gasteiger partial charge in [0.2, 0.25) is 11.1 Å². The van der Waals surface area contributed by atoms with Crippen LogP contribution in [0.25, 0.3) is 33.3 Å². The lowest BCUT2D eigenvalue weighted by molar-refractivity contribution is 0.0601. The third-order valence-corrected chi connectivity index (χ3v) is 3.94. The van der Waals surface area contributed by atoms with Crippen molar-refractivity contribution >= 4 is 28.0 Å². The predicted molar refractivity (Wildman–Crippen MR) is 92.4 cm³/mol. The summed E-state index contributed by atoms with van der Waals surface area (Å²) in [5, 5.41) is 0.883. The number of esters is 1. The molecule has 0 saturated carbocycles. The van der Waals surface area contributed by atoms with Gasteiger partial charge in [0, 0.05) is 11.8 Å². The van der Waals surface area contributed by atoms with E-state index in [2.05, 4.69) is 14.7 Å². The highest BCUT2D eigenvalue weighted by molar-refractivity contribution is 5.90. The van der Waals surface area contributed by atoms with E-state index < -0.39 is 5.97 Å². The molecule has 0 amide bonds. The molecule has 0 fully saturated rings. The van der Waals surface area contributed by atoms with Crippen LogP contribution < -0.4 is 5.43 Å². The molecule has 1 aromatic carbocycles. The van der Waals surface area contributed by atoms with Gasteiger partial charge in [-0.15, -0.1) is 0 Å². The number of pyridine rings is 2. The minimum Gasteiger partial charge on any atom is -0.465 e. The van der Waals surface area contributed by atoms with Crippen molar-refractivity contribution in [2.75, 3.05) is 7.11 Å². The van der Waals surface area contributed by atoms with Crippen LogP contribution in [0.1, 0.15) is 10.4 Å². The Hall–Kier alpha value is -3.54. The highest BCUT2D eigenvalue weighted by Crippen LogP contribution is 2.22. The zero-order valence-electron chi connectivity index (χ0n) is 13.2. The minimum absolute atomic E-state index is 0.140. The topological polar surface area (TPSA) is 82.3 Å². The van der Waals surface area contributed by atoms with Crippen molar-refractivity contribution in [1.82, 2.24) is 9.97 Å². The first kappa shape index (κ1) is 15.0. The molecule has 0 aliphatic heterocycles. The molecule has 4 aromatic rings. The molecule has 6 heteroatoms. The van der Waals surface area contributed by atoms with E-state index in [0.29, 0.717) is 27.6 Å². The maximum atomic E-state index is 12.5. The van der Waals surface area contributed by atoms with E-state index >= 15 is 0 Å². The molecule has 0 atom stereocenters. The second-order valence-electron chi connectivity index (χ2n) is 5.42. The molecular weight excluding hydrogens is 320 g/mol. The quantitative estimate of drug-likeness (QED) is 0.414. The first-order chi connectivity index (χ1) is 12.2. The Morgan fingerprint density at radius 1 is 1.04 bits per heavy atom. The van der Waals surface area contributed by atoms with Crippen molar-refractivity contribution < 1.29 is 13.9 Å². The van der Waals surface area contributed by atoms with Gasteiger partial charge in [0.25, 0.3) is 0 Å². The van der Waals surface area contributed by atoms with Crippen LogP contribution in [0.5, 0.6) is 0 Å². The summed E-state index contributed by atoms with van der Waals surface area (Å²) in [6.45, 7) is 0. The van der Waals surface area contributed by atoms with Crippen LogP contribution in [0.2, 0.25) is 0 Å². The predicted octanol–water partition coefficient (Wildman–Crippen LogP) is 3.19. The summed E-state index contributed by atoms with van der Waals surface area (Å²) in [5.74, 6) is -0.400. The molecule has 0 radical (unpaired) electrons. The summed E-state index contributed by atoms with van der Waals surface area (Å²) >= 11 is 0. The number of aromatic nitrogens is 2. The van der Waals surface area contributed by atoms with E-state index in [9.17, 15) is 9.59 Å². The molecule has 6 nitrogen and oxygen atoms in total. The van der Waals surface area contributed by atoms with Gasteiger partial charge in [-0.1, -0.05) is 12.1 Å². The number of hydrogen-bond donors (Lipinski definition) is 0. The van der Waals surface area contributed by atoms with Crippen molar-refractivity contribution in [3.05, 3.63) is 70.6 Å².